The Hall–Kier alpha value is -1.22. The van der Waals surface area contributed by atoms with Crippen molar-refractivity contribution in [3.8, 4) is 11.5 Å². The molecule has 0 spiro atoms. The van der Waals surface area contributed by atoms with Crippen molar-refractivity contribution in [2.75, 3.05) is 13.1 Å². The van der Waals surface area contributed by atoms with E-state index in [1.54, 1.807) is 12.1 Å². The van der Waals surface area contributed by atoms with Crippen LogP contribution in [0.4, 0.5) is 0 Å². The van der Waals surface area contributed by atoms with Gasteiger partial charge in [0.25, 0.3) is 0 Å². The highest BCUT2D eigenvalue weighted by Crippen LogP contribution is 2.28. The first-order valence-electron chi connectivity index (χ1n) is 5.08. The van der Waals surface area contributed by atoms with Crippen LogP contribution in [-0.4, -0.2) is 23.3 Å². The summed E-state index contributed by atoms with van der Waals surface area (Å²) in [5, 5.41) is 18.7. The fourth-order valence-corrected chi connectivity index (χ4v) is 2.03. The predicted molar refractivity (Wildman–Crippen MR) is 53.6 cm³/mol. The molecule has 76 valence electrons. The molecule has 2 rings (SSSR count). The minimum Gasteiger partial charge on any atom is -0.504 e. The second-order valence-corrected chi connectivity index (χ2v) is 3.89. The first kappa shape index (κ1) is 9.34. The Morgan fingerprint density at radius 1 is 1.21 bits per heavy atom. The molecule has 1 atom stereocenters. The van der Waals surface area contributed by atoms with Gasteiger partial charge in [0.2, 0.25) is 0 Å². The Bertz CT molecular complexity index is 349. The third-order valence-corrected chi connectivity index (χ3v) is 2.99. The summed E-state index contributed by atoms with van der Waals surface area (Å²) in [5.74, 6) is 0.00445. The lowest BCUT2D eigenvalue weighted by Gasteiger charge is -2.24. The van der Waals surface area contributed by atoms with Crippen LogP contribution in [-0.2, 0) is 13.0 Å². The zero-order chi connectivity index (χ0) is 10.1. The lowest BCUT2D eigenvalue weighted by molar-refractivity contribution is -0.914. The van der Waals surface area contributed by atoms with Crippen molar-refractivity contribution in [2.24, 2.45) is 0 Å². The maximum absolute atomic E-state index is 9.37. The summed E-state index contributed by atoms with van der Waals surface area (Å²) in [5.41, 5.74) is 2.35. The molecular weight excluding hydrogens is 178 g/mol. The first-order chi connectivity index (χ1) is 6.70. The average Bonchev–Trinajstić information content (AvgIpc) is 2.19. The Labute approximate surface area is 83.6 Å². The fourth-order valence-electron chi connectivity index (χ4n) is 2.03. The zero-order valence-electron chi connectivity index (χ0n) is 8.38. The number of fused-ring (bicyclic) bond motifs is 1. The molecule has 14 heavy (non-hydrogen) atoms. The van der Waals surface area contributed by atoms with E-state index in [4.69, 9.17) is 0 Å². The van der Waals surface area contributed by atoms with E-state index in [9.17, 15) is 10.2 Å². The molecule has 1 heterocycles. The van der Waals surface area contributed by atoms with E-state index in [0.29, 0.717) is 0 Å². The predicted octanol–water partition coefficient (Wildman–Crippen LogP) is 0.0587. The minimum absolute atomic E-state index is 0.00102. The van der Waals surface area contributed by atoms with Gasteiger partial charge in [0.1, 0.15) is 6.54 Å². The van der Waals surface area contributed by atoms with Crippen molar-refractivity contribution in [2.45, 2.75) is 19.9 Å². The van der Waals surface area contributed by atoms with E-state index in [2.05, 4.69) is 6.92 Å². The molecule has 3 nitrogen and oxygen atoms in total. The maximum atomic E-state index is 9.37. The molecule has 0 saturated carbocycles. The third kappa shape index (κ3) is 1.55. The van der Waals surface area contributed by atoms with Gasteiger partial charge < -0.3 is 15.1 Å². The maximum Gasteiger partial charge on any atom is 0.157 e. The SMILES string of the molecule is CC[NH+]1CCc2cc(O)c(O)cc2C1. The number of rotatable bonds is 1. The van der Waals surface area contributed by atoms with Crippen molar-refractivity contribution in [1.29, 1.82) is 0 Å². The lowest BCUT2D eigenvalue weighted by Crippen LogP contribution is -3.11. The van der Waals surface area contributed by atoms with Crippen LogP contribution in [0.25, 0.3) is 0 Å². The highest BCUT2D eigenvalue weighted by atomic mass is 16.3. The number of likely N-dealkylation sites (N-methyl/N-ethyl adjacent to an activating group) is 1. The normalized spacial score (nSPS) is 20.5. The van der Waals surface area contributed by atoms with Crippen LogP contribution in [0, 0.1) is 0 Å². The fraction of sp³-hybridized carbons (Fsp3) is 0.455. The van der Waals surface area contributed by atoms with E-state index in [0.717, 1.165) is 26.1 Å². The topological polar surface area (TPSA) is 44.9 Å². The average molecular weight is 194 g/mol. The van der Waals surface area contributed by atoms with Crippen LogP contribution in [0.15, 0.2) is 12.1 Å². The van der Waals surface area contributed by atoms with Gasteiger partial charge in [-0.05, 0) is 24.6 Å². The summed E-state index contributed by atoms with van der Waals surface area (Å²) in [6, 6.07) is 3.39. The molecule has 0 radical (unpaired) electrons. The van der Waals surface area contributed by atoms with Crippen molar-refractivity contribution in [3.05, 3.63) is 23.3 Å². The van der Waals surface area contributed by atoms with Gasteiger partial charge in [0.15, 0.2) is 11.5 Å². The molecule has 1 aromatic rings. The van der Waals surface area contributed by atoms with Crippen LogP contribution in [0.5, 0.6) is 11.5 Å². The smallest absolute Gasteiger partial charge is 0.157 e. The van der Waals surface area contributed by atoms with E-state index in [1.165, 1.54) is 16.0 Å². The number of aromatic hydroxyl groups is 2. The molecule has 0 aliphatic carbocycles. The molecule has 1 aliphatic heterocycles. The Kier molecular flexibility index (Phi) is 2.33. The van der Waals surface area contributed by atoms with Crippen molar-refractivity contribution >= 4 is 0 Å². The molecule has 0 bridgehead atoms. The summed E-state index contributed by atoms with van der Waals surface area (Å²) in [6.07, 6.45) is 0.992. The quantitative estimate of drug-likeness (QED) is 0.553. The summed E-state index contributed by atoms with van der Waals surface area (Å²) in [4.78, 5) is 1.53. The second-order valence-electron chi connectivity index (χ2n) is 3.89. The Morgan fingerprint density at radius 3 is 2.50 bits per heavy atom. The van der Waals surface area contributed by atoms with Gasteiger partial charge in [-0.3, -0.25) is 0 Å². The Balaban J connectivity index is 2.33. The second kappa shape index (κ2) is 3.50. The van der Waals surface area contributed by atoms with Crippen LogP contribution in [0.1, 0.15) is 18.1 Å². The van der Waals surface area contributed by atoms with Crippen LogP contribution in [0.3, 0.4) is 0 Å². The zero-order valence-corrected chi connectivity index (χ0v) is 8.38. The van der Waals surface area contributed by atoms with E-state index in [-0.39, 0.29) is 11.5 Å². The molecule has 1 unspecified atom stereocenters. The van der Waals surface area contributed by atoms with Gasteiger partial charge >= 0.3 is 0 Å². The van der Waals surface area contributed by atoms with Gasteiger partial charge in [-0.15, -0.1) is 0 Å². The number of hydrogen-bond acceptors (Lipinski definition) is 2. The molecule has 1 aliphatic rings. The molecule has 0 amide bonds. The highest BCUT2D eigenvalue weighted by Gasteiger charge is 2.19. The highest BCUT2D eigenvalue weighted by molar-refractivity contribution is 5.45. The van der Waals surface area contributed by atoms with Gasteiger partial charge in [0.05, 0.1) is 13.1 Å². The molecule has 3 heteroatoms. The van der Waals surface area contributed by atoms with Crippen molar-refractivity contribution in [1.82, 2.24) is 0 Å². The molecule has 1 aromatic carbocycles. The van der Waals surface area contributed by atoms with Gasteiger partial charge in [-0.25, -0.2) is 0 Å². The van der Waals surface area contributed by atoms with E-state index >= 15 is 0 Å². The molecule has 0 fully saturated rings. The van der Waals surface area contributed by atoms with Gasteiger partial charge in [-0.1, -0.05) is 0 Å². The molecule has 3 N–H and O–H groups in total. The number of hydrogen-bond donors (Lipinski definition) is 3. The Morgan fingerprint density at radius 2 is 1.86 bits per heavy atom. The minimum atomic E-state index is 0.00102. The van der Waals surface area contributed by atoms with Gasteiger partial charge in [0, 0.05) is 12.0 Å². The standard InChI is InChI=1S/C11H15NO2/c1-2-12-4-3-8-5-10(13)11(14)6-9(8)7-12/h5-6,13-14H,2-4,7H2,1H3/p+1. The van der Waals surface area contributed by atoms with Crippen LogP contribution < -0.4 is 4.90 Å². The summed E-state index contributed by atoms with van der Waals surface area (Å²) in [6.45, 7) is 5.36. The molecular formula is C11H16NO2+. The summed E-state index contributed by atoms with van der Waals surface area (Å²) >= 11 is 0. The monoisotopic (exact) mass is 194 g/mol. The summed E-state index contributed by atoms with van der Waals surface area (Å²) in [7, 11) is 0. The van der Waals surface area contributed by atoms with Crippen LogP contribution in [0.2, 0.25) is 0 Å². The number of quaternary nitrogens is 1. The van der Waals surface area contributed by atoms with E-state index < -0.39 is 0 Å². The molecule has 0 aromatic heterocycles. The largest absolute Gasteiger partial charge is 0.504 e. The molecule has 0 saturated heterocycles. The lowest BCUT2D eigenvalue weighted by atomic mass is 9.99. The van der Waals surface area contributed by atoms with Crippen molar-refractivity contribution in [3.63, 3.8) is 0 Å². The third-order valence-electron chi connectivity index (χ3n) is 2.99. The number of benzene rings is 1. The van der Waals surface area contributed by atoms with E-state index in [1.807, 2.05) is 0 Å². The number of nitrogens with one attached hydrogen (secondary N) is 1. The van der Waals surface area contributed by atoms with Crippen LogP contribution >= 0.6 is 0 Å². The van der Waals surface area contributed by atoms with Crippen molar-refractivity contribution < 1.29 is 15.1 Å². The first-order valence-corrected chi connectivity index (χ1v) is 5.08. The van der Waals surface area contributed by atoms with Gasteiger partial charge in [-0.2, -0.15) is 0 Å². The summed E-state index contributed by atoms with van der Waals surface area (Å²) < 4.78 is 0. The number of phenols is 2. The number of phenolic OH excluding ortho intramolecular Hbond substituents is 2.